The van der Waals surface area contributed by atoms with Gasteiger partial charge in [-0.25, -0.2) is 0 Å². The summed E-state index contributed by atoms with van der Waals surface area (Å²) in [6.07, 6.45) is 10.6. The molecular weight excluding hydrogens is 246 g/mol. The Labute approximate surface area is 146 Å². The van der Waals surface area contributed by atoms with Gasteiger partial charge in [0.05, 0.1) is 0 Å². The molecule has 4 nitrogen and oxygen atoms in total. The van der Waals surface area contributed by atoms with Crippen LogP contribution >= 0.6 is 0 Å². The van der Waals surface area contributed by atoms with Crippen LogP contribution < -0.4 is 47.9 Å². The van der Waals surface area contributed by atoms with Crippen molar-refractivity contribution in [3.63, 3.8) is 0 Å². The number of carbonyl (C=O) groups is 2. The summed E-state index contributed by atoms with van der Waals surface area (Å²) in [6, 6.07) is 0. The van der Waals surface area contributed by atoms with E-state index < -0.39 is 11.9 Å². The van der Waals surface area contributed by atoms with Crippen molar-refractivity contribution in [3.05, 3.63) is 0 Å². The van der Waals surface area contributed by atoms with Gasteiger partial charge >= 0.3 is 37.7 Å². The number of carboxylic acid groups (broad SMARTS) is 2. The summed E-state index contributed by atoms with van der Waals surface area (Å²) in [5, 5.41) is 20.3. The molecule has 0 bridgehead atoms. The molecule has 6 heteroatoms. The van der Waals surface area contributed by atoms with Crippen LogP contribution in [0.2, 0.25) is 0 Å². The quantitative estimate of drug-likeness (QED) is 0.248. The first kappa shape index (κ1) is 25.1. The van der Waals surface area contributed by atoms with E-state index in [9.17, 15) is 19.8 Å². The third kappa shape index (κ3) is 23.2. The van der Waals surface area contributed by atoms with Crippen LogP contribution in [0, 0.1) is 0 Å². The van der Waals surface area contributed by atoms with Gasteiger partial charge in [-0.2, -0.15) is 0 Å². The maximum atomic E-state index is 10.2. The van der Waals surface area contributed by atoms with Gasteiger partial charge in [0.2, 0.25) is 0 Å². The zero-order chi connectivity index (χ0) is 13.6. The van der Waals surface area contributed by atoms with Gasteiger partial charge in [-0.05, 0) is 25.7 Å². The van der Waals surface area contributed by atoms with Crippen molar-refractivity contribution in [1.82, 2.24) is 0 Å². The van der Waals surface area contributed by atoms with Gasteiger partial charge in [0.1, 0.15) is 0 Å². The standard InChI is InChI=1S/C14H26O4.2Li/c15-13(16)11-9-7-5-3-1-2-4-6-8-10-12-14(17)18;;/h1-12H2,(H,15,16)(H,17,18);;/q;2*+1/p-2. The Morgan fingerprint density at radius 3 is 0.900 bits per heavy atom. The number of carboxylic acids is 2. The van der Waals surface area contributed by atoms with Gasteiger partial charge in [-0.15, -0.1) is 0 Å². The van der Waals surface area contributed by atoms with E-state index in [2.05, 4.69) is 0 Å². The zero-order valence-corrected chi connectivity index (χ0v) is 13.1. The molecule has 0 heterocycles. The Hall–Kier alpha value is 0.135. The smallest absolute Gasteiger partial charge is 0.550 e. The summed E-state index contributed by atoms with van der Waals surface area (Å²) < 4.78 is 0. The minimum absolute atomic E-state index is 0. The summed E-state index contributed by atoms with van der Waals surface area (Å²) in [7, 11) is 0. The number of rotatable bonds is 13. The number of unbranched alkanes of at least 4 members (excludes halogenated alkanes) is 9. The van der Waals surface area contributed by atoms with Crippen LogP contribution in [-0.2, 0) is 9.59 Å². The molecule has 0 aromatic carbocycles. The van der Waals surface area contributed by atoms with Crippen molar-refractivity contribution < 1.29 is 57.5 Å². The Morgan fingerprint density at radius 2 is 0.700 bits per heavy atom. The molecule has 0 aliphatic rings. The molecule has 0 saturated carbocycles. The molecule has 0 aromatic rings. The SMILES string of the molecule is O=C([O-])CCCCCCCCCCCCC(=O)[O-].[Li+].[Li+]. The van der Waals surface area contributed by atoms with Crippen molar-refractivity contribution in [2.45, 2.75) is 77.0 Å². The summed E-state index contributed by atoms with van der Waals surface area (Å²) in [5.41, 5.74) is 0. The molecule has 0 unspecified atom stereocenters. The minimum atomic E-state index is -0.952. The van der Waals surface area contributed by atoms with Crippen molar-refractivity contribution in [1.29, 1.82) is 0 Å². The molecule has 0 aromatic heterocycles. The van der Waals surface area contributed by atoms with Crippen molar-refractivity contribution in [2.75, 3.05) is 0 Å². The Kier molecular flexibility index (Phi) is 24.0. The molecule has 0 aliphatic carbocycles. The molecular formula is C14H24Li2O4. The molecule has 0 amide bonds. The van der Waals surface area contributed by atoms with E-state index in [-0.39, 0.29) is 50.6 Å². The number of carbonyl (C=O) groups excluding carboxylic acids is 2. The number of hydrogen-bond acceptors (Lipinski definition) is 4. The molecule has 0 fully saturated rings. The first-order valence-corrected chi connectivity index (χ1v) is 7.02. The van der Waals surface area contributed by atoms with E-state index in [1.54, 1.807) is 0 Å². The van der Waals surface area contributed by atoms with Crippen LogP contribution in [0.1, 0.15) is 77.0 Å². The minimum Gasteiger partial charge on any atom is -0.550 e. The van der Waals surface area contributed by atoms with Crippen LogP contribution in [0.15, 0.2) is 0 Å². The predicted molar refractivity (Wildman–Crippen MR) is 65.4 cm³/mol. The Balaban J connectivity index is -0.00000144. The molecule has 0 atom stereocenters. The molecule has 106 valence electrons. The van der Waals surface area contributed by atoms with Gasteiger partial charge in [-0.3, -0.25) is 0 Å². The molecule has 0 N–H and O–H groups in total. The summed E-state index contributed by atoms with van der Waals surface area (Å²) >= 11 is 0. The van der Waals surface area contributed by atoms with E-state index >= 15 is 0 Å². The van der Waals surface area contributed by atoms with E-state index in [1.165, 1.54) is 12.8 Å². The fourth-order valence-corrected chi connectivity index (χ4v) is 1.95. The van der Waals surface area contributed by atoms with Gasteiger partial charge in [0.15, 0.2) is 0 Å². The van der Waals surface area contributed by atoms with E-state index in [1.807, 2.05) is 0 Å². The molecule has 0 aliphatic heterocycles. The average Bonchev–Trinajstić information content (AvgIpc) is 2.29. The van der Waals surface area contributed by atoms with E-state index in [0.717, 1.165) is 51.4 Å². The maximum absolute atomic E-state index is 10.2. The van der Waals surface area contributed by atoms with Gasteiger partial charge in [0, 0.05) is 11.9 Å². The maximum Gasteiger partial charge on any atom is 1.00 e. The second-order valence-corrected chi connectivity index (χ2v) is 4.78. The zero-order valence-electron chi connectivity index (χ0n) is 13.1. The second-order valence-electron chi connectivity index (χ2n) is 4.78. The monoisotopic (exact) mass is 270 g/mol. The first-order valence-electron chi connectivity index (χ1n) is 7.02. The second kappa shape index (κ2) is 19.1. The van der Waals surface area contributed by atoms with Crippen molar-refractivity contribution >= 4 is 11.9 Å². The average molecular weight is 270 g/mol. The van der Waals surface area contributed by atoms with Crippen LogP contribution in [0.5, 0.6) is 0 Å². The molecule has 0 radical (unpaired) electrons. The largest absolute Gasteiger partial charge is 1.00 e. The number of hydrogen-bond donors (Lipinski definition) is 0. The predicted octanol–water partition coefficient (Wildman–Crippen LogP) is -4.82. The molecule has 0 saturated heterocycles. The summed E-state index contributed by atoms with van der Waals surface area (Å²) in [6.45, 7) is 0. The normalized spacial score (nSPS) is 9.40. The third-order valence-electron chi connectivity index (χ3n) is 3.01. The van der Waals surface area contributed by atoms with Crippen LogP contribution in [0.25, 0.3) is 0 Å². The molecule has 20 heavy (non-hydrogen) atoms. The van der Waals surface area contributed by atoms with Gasteiger partial charge < -0.3 is 19.8 Å². The topological polar surface area (TPSA) is 80.3 Å². The van der Waals surface area contributed by atoms with E-state index in [4.69, 9.17) is 0 Å². The Morgan fingerprint density at radius 1 is 0.500 bits per heavy atom. The summed E-state index contributed by atoms with van der Waals surface area (Å²) in [4.78, 5) is 20.3. The van der Waals surface area contributed by atoms with Gasteiger partial charge in [0.25, 0.3) is 0 Å². The number of aliphatic carboxylic acids is 2. The van der Waals surface area contributed by atoms with E-state index in [0.29, 0.717) is 0 Å². The molecule has 0 spiro atoms. The fourth-order valence-electron chi connectivity index (χ4n) is 1.95. The van der Waals surface area contributed by atoms with Gasteiger partial charge in [-0.1, -0.05) is 51.4 Å². The Bertz CT molecular complexity index is 211. The summed E-state index contributed by atoms with van der Waals surface area (Å²) in [5.74, 6) is -1.90. The van der Waals surface area contributed by atoms with Crippen molar-refractivity contribution in [2.24, 2.45) is 0 Å². The van der Waals surface area contributed by atoms with Crippen LogP contribution in [0.4, 0.5) is 0 Å². The van der Waals surface area contributed by atoms with Crippen LogP contribution in [-0.4, -0.2) is 11.9 Å². The molecule has 0 rings (SSSR count). The first-order chi connectivity index (χ1) is 8.63. The fraction of sp³-hybridized carbons (Fsp3) is 0.857. The van der Waals surface area contributed by atoms with Crippen LogP contribution in [0.3, 0.4) is 0 Å². The third-order valence-corrected chi connectivity index (χ3v) is 3.01. The van der Waals surface area contributed by atoms with Crippen molar-refractivity contribution in [3.8, 4) is 0 Å².